The number of rotatable bonds is 3. The molecular formula is C14H19N5O3S. The van der Waals surface area contributed by atoms with Crippen LogP contribution >= 0.6 is 11.3 Å². The molecule has 0 saturated carbocycles. The first kappa shape index (κ1) is 15.8. The van der Waals surface area contributed by atoms with Gasteiger partial charge in [-0.05, 0) is 0 Å². The Bertz CT molecular complexity index is 682. The van der Waals surface area contributed by atoms with Gasteiger partial charge in [0.25, 0.3) is 5.91 Å². The van der Waals surface area contributed by atoms with Crippen molar-refractivity contribution in [3.05, 3.63) is 23.5 Å². The molecule has 1 saturated heterocycles. The van der Waals surface area contributed by atoms with Gasteiger partial charge in [0.1, 0.15) is 0 Å². The van der Waals surface area contributed by atoms with Crippen molar-refractivity contribution in [2.75, 3.05) is 33.8 Å². The number of aromatic nitrogens is 2. The fraction of sp³-hybridized carbons (Fsp3) is 0.500. The first-order valence-electron chi connectivity index (χ1n) is 7.31. The van der Waals surface area contributed by atoms with Gasteiger partial charge >= 0.3 is 6.03 Å². The molecule has 124 valence electrons. The predicted octanol–water partition coefficient (Wildman–Crippen LogP) is 0.394. The van der Waals surface area contributed by atoms with Crippen LogP contribution in [0.2, 0.25) is 0 Å². The van der Waals surface area contributed by atoms with Crippen molar-refractivity contribution in [3.63, 3.8) is 0 Å². The molecular weight excluding hydrogens is 318 g/mol. The number of fused-ring (bicyclic) bond motifs is 1. The van der Waals surface area contributed by atoms with Crippen LogP contribution in [0.4, 0.5) is 4.79 Å². The van der Waals surface area contributed by atoms with Gasteiger partial charge in [-0.15, -0.1) is 11.3 Å². The van der Waals surface area contributed by atoms with Crippen LogP contribution in [0.15, 0.2) is 17.8 Å². The lowest BCUT2D eigenvalue weighted by Crippen LogP contribution is -2.53. The molecule has 0 unspecified atom stereocenters. The number of hydrogen-bond acceptors (Lipinski definition) is 5. The average molecular weight is 337 g/mol. The summed E-state index contributed by atoms with van der Waals surface area (Å²) in [5.74, 6) is -0.128. The van der Waals surface area contributed by atoms with Gasteiger partial charge in [0.05, 0.1) is 25.4 Å². The van der Waals surface area contributed by atoms with Gasteiger partial charge in [-0.25, -0.2) is 9.78 Å². The number of nitrogens with one attached hydrogen (secondary N) is 1. The van der Waals surface area contributed by atoms with Crippen molar-refractivity contribution in [1.29, 1.82) is 0 Å². The Kier molecular flexibility index (Phi) is 4.49. The van der Waals surface area contributed by atoms with E-state index in [1.807, 2.05) is 22.2 Å². The molecule has 1 atom stereocenters. The minimum atomic E-state index is -0.595. The molecule has 0 spiro atoms. The highest BCUT2D eigenvalue weighted by molar-refractivity contribution is 7.15. The first-order valence-corrected chi connectivity index (χ1v) is 8.19. The lowest BCUT2D eigenvalue weighted by atomic mass is 10.2. The Balaban J connectivity index is 1.55. The maximum atomic E-state index is 12.3. The van der Waals surface area contributed by atoms with Crippen LogP contribution < -0.4 is 5.32 Å². The molecule has 2 aromatic rings. The van der Waals surface area contributed by atoms with Gasteiger partial charge in [0, 0.05) is 38.4 Å². The third-order valence-electron chi connectivity index (χ3n) is 3.63. The van der Waals surface area contributed by atoms with E-state index < -0.39 is 6.10 Å². The van der Waals surface area contributed by atoms with E-state index in [2.05, 4.69) is 10.3 Å². The fourth-order valence-electron chi connectivity index (χ4n) is 2.41. The topological polar surface area (TPSA) is 79.2 Å². The lowest BCUT2D eigenvalue weighted by Gasteiger charge is -2.33. The maximum Gasteiger partial charge on any atom is 0.317 e. The van der Waals surface area contributed by atoms with Crippen molar-refractivity contribution in [2.24, 2.45) is 0 Å². The maximum absolute atomic E-state index is 12.3. The zero-order chi connectivity index (χ0) is 16.4. The van der Waals surface area contributed by atoms with E-state index in [1.54, 1.807) is 30.3 Å². The third kappa shape index (κ3) is 3.45. The molecule has 0 bridgehead atoms. The second-order valence-electron chi connectivity index (χ2n) is 5.52. The van der Waals surface area contributed by atoms with Crippen LogP contribution in [0.25, 0.3) is 4.96 Å². The Morgan fingerprint density at radius 1 is 1.52 bits per heavy atom. The quantitative estimate of drug-likeness (QED) is 0.879. The number of carbonyl (C=O) groups is 2. The second kappa shape index (κ2) is 6.55. The monoisotopic (exact) mass is 337 g/mol. The Hall–Kier alpha value is -2.13. The molecule has 23 heavy (non-hydrogen) atoms. The number of amides is 3. The number of ether oxygens (including phenoxy) is 1. The number of urea groups is 1. The number of hydrogen-bond donors (Lipinski definition) is 1. The molecule has 1 aliphatic heterocycles. The summed E-state index contributed by atoms with van der Waals surface area (Å²) in [6, 6.07) is -0.207. The fourth-order valence-corrected chi connectivity index (χ4v) is 3.13. The summed E-state index contributed by atoms with van der Waals surface area (Å²) in [6.45, 7) is 1.46. The molecule has 0 radical (unpaired) electrons. The molecule has 2 aromatic heterocycles. The molecule has 9 heteroatoms. The summed E-state index contributed by atoms with van der Waals surface area (Å²) >= 11 is 1.55. The van der Waals surface area contributed by atoms with E-state index in [-0.39, 0.29) is 18.5 Å². The number of thiazole rings is 1. The van der Waals surface area contributed by atoms with Crippen LogP contribution in [0.5, 0.6) is 0 Å². The van der Waals surface area contributed by atoms with Gasteiger partial charge in [0.2, 0.25) is 0 Å². The summed E-state index contributed by atoms with van der Waals surface area (Å²) in [4.78, 5) is 32.6. The van der Waals surface area contributed by atoms with Crippen molar-refractivity contribution < 1.29 is 14.3 Å². The molecule has 0 aliphatic carbocycles. The van der Waals surface area contributed by atoms with Crippen LogP contribution in [-0.4, -0.2) is 71.0 Å². The van der Waals surface area contributed by atoms with Gasteiger partial charge in [0.15, 0.2) is 11.1 Å². The van der Waals surface area contributed by atoms with E-state index in [1.165, 1.54) is 4.90 Å². The average Bonchev–Trinajstić information content (AvgIpc) is 3.13. The SMILES string of the molecule is CN(C)C(=O)[C@H]1CN(C(=O)NCc2cn3ccsc3n2)CCO1. The zero-order valence-electron chi connectivity index (χ0n) is 13.1. The molecule has 3 amide bonds. The highest BCUT2D eigenvalue weighted by Gasteiger charge is 2.30. The number of imidazole rings is 1. The van der Waals surface area contributed by atoms with Crippen LogP contribution in [0.1, 0.15) is 5.69 Å². The summed E-state index contributed by atoms with van der Waals surface area (Å²) in [6.07, 6.45) is 3.23. The Morgan fingerprint density at radius 2 is 2.35 bits per heavy atom. The molecule has 1 aliphatic rings. The smallest absolute Gasteiger partial charge is 0.317 e. The predicted molar refractivity (Wildman–Crippen MR) is 85.3 cm³/mol. The summed E-state index contributed by atoms with van der Waals surface area (Å²) in [7, 11) is 3.35. The largest absolute Gasteiger partial charge is 0.365 e. The minimum absolute atomic E-state index is 0.128. The van der Waals surface area contributed by atoms with Crippen molar-refractivity contribution >= 4 is 28.2 Å². The van der Waals surface area contributed by atoms with Gasteiger partial charge in [-0.3, -0.25) is 9.20 Å². The van der Waals surface area contributed by atoms with Gasteiger partial charge < -0.3 is 19.9 Å². The Morgan fingerprint density at radius 3 is 3.09 bits per heavy atom. The molecule has 1 N–H and O–H groups in total. The number of carbonyl (C=O) groups excluding carboxylic acids is 2. The molecule has 8 nitrogen and oxygen atoms in total. The van der Waals surface area contributed by atoms with E-state index >= 15 is 0 Å². The molecule has 1 fully saturated rings. The normalized spacial score (nSPS) is 18.2. The van der Waals surface area contributed by atoms with Crippen LogP contribution in [0, 0.1) is 0 Å². The lowest BCUT2D eigenvalue weighted by molar-refractivity contribution is -0.145. The van der Waals surface area contributed by atoms with Crippen LogP contribution in [0.3, 0.4) is 0 Å². The second-order valence-corrected chi connectivity index (χ2v) is 6.39. The van der Waals surface area contributed by atoms with E-state index in [0.29, 0.717) is 19.7 Å². The highest BCUT2D eigenvalue weighted by atomic mass is 32.1. The standard InChI is InChI=1S/C14H19N5O3S/c1-17(2)12(20)11-9-18(3-5-22-11)13(21)15-7-10-8-19-4-6-23-14(19)16-10/h4,6,8,11H,3,5,7,9H2,1-2H3,(H,15,21)/t11-/m1/s1. The summed E-state index contributed by atoms with van der Waals surface area (Å²) in [5.41, 5.74) is 0.805. The van der Waals surface area contributed by atoms with E-state index in [4.69, 9.17) is 4.74 Å². The van der Waals surface area contributed by atoms with Crippen LogP contribution in [-0.2, 0) is 16.1 Å². The Labute approximate surface area is 137 Å². The first-order chi connectivity index (χ1) is 11.0. The summed E-state index contributed by atoms with van der Waals surface area (Å²) < 4.78 is 7.37. The zero-order valence-corrected chi connectivity index (χ0v) is 13.9. The van der Waals surface area contributed by atoms with Crippen molar-refractivity contribution in [3.8, 4) is 0 Å². The molecule has 0 aromatic carbocycles. The third-order valence-corrected chi connectivity index (χ3v) is 4.40. The molecule has 3 rings (SSSR count). The molecule has 3 heterocycles. The van der Waals surface area contributed by atoms with Crippen molar-refractivity contribution in [2.45, 2.75) is 12.6 Å². The van der Waals surface area contributed by atoms with E-state index in [0.717, 1.165) is 10.7 Å². The summed E-state index contributed by atoms with van der Waals surface area (Å²) in [5, 5.41) is 4.80. The minimum Gasteiger partial charge on any atom is -0.365 e. The van der Waals surface area contributed by atoms with Crippen molar-refractivity contribution in [1.82, 2.24) is 24.5 Å². The number of likely N-dealkylation sites (N-methyl/N-ethyl adjacent to an activating group) is 1. The van der Waals surface area contributed by atoms with Gasteiger partial charge in [-0.1, -0.05) is 0 Å². The van der Waals surface area contributed by atoms with Gasteiger partial charge in [-0.2, -0.15) is 0 Å². The number of nitrogens with zero attached hydrogens (tertiary/aromatic N) is 4. The number of morpholine rings is 1. The highest BCUT2D eigenvalue weighted by Crippen LogP contribution is 2.12. The van der Waals surface area contributed by atoms with E-state index in [9.17, 15) is 9.59 Å².